The minimum Gasteiger partial charge on any atom is -0.271 e. The first-order chi connectivity index (χ1) is 7.34. The van der Waals surface area contributed by atoms with E-state index in [1.54, 1.807) is 6.07 Å². The van der Waals surface area contributed by atoms with Crippen molar-refractivity contribution in [3.8, 4) is 0 Å². The highest BCUT2D eigenvalue weighted by molar-refractivity contribution is 6.22. The average molecular weight is 249 g/mol. The first-order valence-corrected chi connectivity index (χ1v) is 5.31. The lowest BCUT2D eigenvalue weighted by molar-refractivity contribution is 0.0502. The van der Waals surface area contributed by atoms with Crippen molar-refractivity contribution in [1.82, 2.24) is 5.43 Å². The highest BCUT2D eigenvalue weighted by Gasteiger charge is 2.36. The second-order valence-corrected chi connectivity index (χ2v) is 4.39. The number of alkyl halides is 3. The number of benzene rings is 1. The molecule has 0 aliphatic rings. The van der Waals surface area contributed by atoms with Crippen LogP contribution in [0.1, 0.15) is 16.7 Å². The summed E-state index contributed by atoms with van der Waals surface area (Å²) >= 11 is 4.94. The molecular formula is C11H15ClF2N2. The summed E-state index contributed by atoms with van der Waals surface area (Å²) in [4.78, 5) is 0. The fraction of sp³-hybridized carbons (Fsp3) is 0.455. The summed E-state index contributed by atoms with van der Waals surface area (Å²) in [5.74, 6) is 5.06. The molecule has 0 heterocycles. The summed E-state index contributed by atoms with van der Waals surface area (Å²) in [5.41, 5.74) is 5.01. The molecule has 0 saturated heterocycles. The van der Waals surface area contributed by atoms with Gasteiger partial charge in [-0.15, -0.1) is 0 Å². The Bertz CT molecular complexity index is 363. The van der Waals surface area contributed by atoms with Crippen LogP contribution < -0.4 is 11.3 Å². The van der Waals surface area contributed by atoms with Crippen LogP contribution in [-0.2, 0) is 6.42 Å². The Hall–Kier alpha value is -0.710. The van der Waals surface area contributed by atoms with Crippen molar-refractivity contribution in [2.45, 2.75) is 31.7 Å². The zero-order chi connectivity index (χ0) is 12.3. The molecule has 1 rings (SSSR count). The summed E-state index contributed by atoms with van der Waals surface area (Å²) in [6, 6.07) is 4.29. The fourth-order valence-electron chi connectivity index (χ4n) is 1.44. The largest absolute Gasteiger partial charge is 0.338 e. The maximum atomic E-state index is 12.9. The summed E-state index contributed by atoms with van der Waals surface area (Å²) in [7, 11) is 0. The molecule has 0 radical (unpaired) electrons. The van der Waals surface area contributed by atoms with Gasteiger partial charge in [-0.05, 0) is 48.6 Å². The molecule has 1 aromatic carbocycles. The third-order valence-corrected chi connectivity index (χ3v) is 2.87. The van der Waals surface area contributed by atoms with Gasteiger partial charge in [-0.25, -0.2) is 5.43 Å². The summed E-state index contributed by atoms with van der Waals surface area (Å²) in [6.45, 7) is 3.90. The minimum atomic E-state index is -3.35. The highest BCUT2D eigenvalue weighted by atomic mass is 35.5. The number of rotatable bonds is 4. The Morgan fingerprint density at radius 3 is 2.44 bits per heavy atom. The molecule has 0 amide bonds. The number of hydrogen-bond donors (Lipinski definition) is 2. The average Bonchev–Trinajstić information content (AvgIpc) is 2.18. The molecule has 16 heavy (non-hydrogen) atoms. The predicted molar refractivity (Wildman–Crippen MR) is 61.5 cm³/mol. The van der Waals surface area contributed by atoms with Crippen molar-refractivity contribution >= 4 is 11.6 Å². The van der Waals surface area contributed by atoms with Gasteiger partial charge >= 0.3 is 5.38 Å². The van der Waals surface area contributed by atoms with Crippen LogP contribution in [0.4, 0.5) is 8.78 Å². The molecule has 5 heteroatoms. The van der Waals surface area contributed by atoms with Gasteiger partial charge in [0.2, 0.25) is 0 Å². The van der Waals surface area contributed by atoms with Gasteiger partial charge in [-0.3, -0.25) is 5.84 Å². The SMILES string of the molecule is Cc1ccc(CC(NN)C(F)(F)Cl)cc1C. The van der Waals surface area contributed by atoms with Crippen LogP contribution in [-0.4, -0.2) is 11.4 Å². The minimum absolute atomic E-state index is 0.0914. The van der Waals surface area contributed by atoms with Crippen molar-refractivity contribution in [2.75, 3.05) is 0 Å². The smallest absolute Gasteiger partial charge is 0.271 e. The molecule has 3 N–H and O–H groups in total. The number of nitrogens with two attached hydrogens (primary N) is 1. The van der Waals surface area contributed by atoms with Crippen LogP contribution in [0.15, 0.2) is 18.2 Å². The monoisotopic (exact) mass is 248 g/mol. The molecule has 1 atom stereocenters. The van der Waals surface area contributed by atoms with Crippen molar-refractivity contribution in [3.05, 3.63) is 34.9 Å². The predicted octanol–water partition coefficient (Wildman–Crippen LogP) is 2.51. The van der Waals surface area contributed by atoms with E-state index in [1.165, 1.54) is 0 Å². The zero-order valence-corrected chi connectivity index (χ0v) is 9.98. The molecule has 1 aromatic rings. The normalized spacial score (nSPS) is 13.9. The van der Waals surface area contributed by atoms with Gasteiger partial charge in [0.1, 0.15) is 6.04 Å². The van der Waals surface area contributed by atoms with E-state index >= 15 is 0 Å². The van der Waals surface area contributed by atoms with Crippen LogP contribution in [0, 0.1) is 13.8 Å². The number of halogens is 3. The van der Waals surface area contributed by atoms with E-state index in [0.717, 1.165) is 16.7 Å². The summed E-state index contributed by atoms with van der Waals surface area (Å²) < 4.78 is 25.8. The Labute approximate surface area is 98.8 Å². The number of aryl methyl sites for hydroxylation is 2. The van der Waals surface area contributed by atoms with E-state index < -0.39 is 11.4 Å². The summed E-state index contributed by atoms with van der Waals surface area (Å²) in [6.07, 6.45) is 0.0914. The van der Waals surface area contributed by atoms with Crippen LogP contribution in [0.25, 0.3) is 0 Å². The van der Waals surface area contributed by atoms with E-state index in [0.29, 0.717) is 0 Å². The van der Waals surface area contributed by atoms with Crippen LogP contribution in [0.2, 0.25) is 0 Å². The highest BCUT2D eigenvalue weighted by Crippen LogP contribution is 2.26. The van der Waals surface area contributed by atoms with E-state index in [9.17, 15) is 8.78 Å². The lowest BCUT2D eigenvalue weighted by atomic mass is 10.0. The van der Waals surface area contributed by atoms with Gasteiger partial charge in [0.05, 0.1) is 0 Å². The maximum absolute atomic E-state index is 12.9. The maximum Gasteiger partial charge on any atom is 0.338 e. The third kappa shape index (κ3) is 3.40. The number of hydrazine groups is 1. The van der Waals surface area contributed by atoms with Crippen molar-refractivity contribution in [1.29, 1.82) is 0 Å². The Balaban J connectivity index is 2.83. The van der Waals surface area contributed by atoms with Crippen LogP contribution in [0.5, 0.6) is 0 Å². The molecule has 2 nitrogen and oxygen atoms in total. The first-order valence-electron chi connectivity index (χ1n) is 4.93. The van der Waals surface area contributed by atoms with Crippen LogP contribution >= 0.6 is 11.6 Å². The molecule has 0 aliphatic carbocycles. The Morgan fingerprint density at radius 1 is 1.38 bits per heavy atom. The Kier molecular flexibility index (Phi) is 4.24. The molecule has 90 valence electrons. The lowest BCUT2D eigenvalue weighted by Crippen LogP contribution is -2.46. The van der Waals surface area contributed by atoms with Crippen LogP contribution in [0.3, 0.4) is 0 Å². The van der Waals surface area contributed by atoms with Gasteiger partial charge in [0.25, 0.3) is 0 Å². The van der Waals surface area contributed by atoms with E-state index in [2.05, 4.69) is 0 Å². The quantitative estimate of drug-likeness (QED) is 0.488. The van der Waals surface area contributed by atoms with Gasteiger partial charge in [-0.1, -0.05) is 18.2 Å². The van der Waals surface area contributed by atoms with E-state index in [-0.39, 0.29) is 6.42 Å². The molecule has 0 aliphatic heterocycles. The van der Waals surface area contributed by atoms with Gasteiger partial charge < -0.3 is 0 Å². The van der Waals surface area contributed by atoms with E-state index in [1.807, 2.05) is 31.4 Å². The zero-order valence-electron chi connectivity index (χ0n) is 9.23. The van der Waals surface area contributed by atoms with Crippen molar-refractivity contribution in [3.63, 3.8) is 0 Å². The first kappa shape index (κ1) is 13.4. The van der Waals surface area contributed by atoms with E-state index in [4.69, 9.17) is 17.4 Å². The summed E-state index contributed by atoms with van der Waals surface area (Å²) in [5, 5.41) is -3.35. The number of nitrogens with one attached hydrogen (secondary N) is 1. The van der Waals surface area contributed by atoms with Crippen molar-refractivity contribution < 1.29 is 8.78 Å². The molecule has 0 fully saturated rings. The Morgan fingerprint density at radius 2 is 2.00 bits per heavy atom. The van der Waals surface area contributed by atoms with Gasteiger partial charge in [0, 0.05) is 0 Å². The molecule has 0 spiro atoms. The second-order valence-electron chi connectivity index (χ2n) is 3.88. The third-order valence-electron chi connectivity index (χ3n) is 2.61. The number of hydrogen-bond acceptors (Lipinski definition) is 2. The molecular weight excluding hydrogens is 234 g/mol. The fourth-order valence-corrected chi connectivity index (χ4v) is 1.58. The lowest BCUT2D eigenvalue weighted by Gasteiger charge is -2.20. The second kappa shape index (κ2) is 5.08. The van der Waals surface area contributed by atoms with Gasteiger partial charge in [-0.2, -0.15) is 8.78 Å². The molecule has 0 saturated carbocycles. The topological polar surface area (TPSA) is 38.0 Å². The van der Waals surface area contributed by atoms with Gasteiger partial charge in [0.15, 0.2) is 0 Å². The standard InChI is InChI=1S/C11H15ClF2N2/c1-7-3-4-9(5-8(7)2)6-10(16-15)11(12,13)14/h3-5,10,16H,6,15H2,1-2H3. The molecule has 1 unspecified atom stereocenters. The molecule has 0 aromatic heterocycles. The molecule has 0 bridgehead atoms. The van der Waals surface area contributed by atoms with Crippen molar-refractivity contribution in [2.24, 2.45) is 5.84 Å².